The number of carbonyl (C=O) groups excluding carboxylic acids is 2. The van der Waals surface area contributed by atoms with Crippen molar-refractivity contribution in [1.29, 1.82) is 0 Å². The Hall–Kier alpha value is -1.06. The van der Waals surface area contributed by atoms with Gasteiger partial charge in [0.2, 0.25) is 0 Å². The third-order valence-electron chi connectivity index (χ3n) is 23.0. The lowest BCUT2D eigenvalue weighted by molar-refractivity contribution is -0.170. The number of hydrogen-bond acceptors (Lipinski definition) is 8. The average molecular weight is 1360 g/mol. The number of hydrogen-bond donors (Lipinski definition) is 3. The molecule has 1 saturated heterocycles. The number of ether oxygens (including phenoxy) is 3. The Morgan fingerprint density at radius 2 is 0.635 bits per heavy atom. The fraction of sp³-hybridized carbons (Fsp3) is 0.977. The van der Waals surface area contributed by atoms with Gasteiger partial charge in [-0.15, -0.1) is 0 Å². The third-order valence-corrected chi connectivity index (χ3v) is 23.0. The molecule has 96 heavy (non-hydrogen) atoms. The van der Waals surface area contributed by atoms with Gasteiger partial charge in [-0.2, -0.15) is 0 Å². The van der Waals surface area contributed by atoms with Crippen LogP contribution in [-0.4, -0.2) is 71.5 Å². The highest BCUT2D eigenvalue weighted by Gasteiger charge is 2.44. The van der Waals surface area contributed by atoms with E-state index in [1.165, 1.54) is 405 Å². The molecule has 8 heteroatoms. The minimum absolute atomic E-state index is 0.170. The van der Waals surface area contributed by atoms with Crippen LogP contribution >= 0.6 is 0 Å². The molecule has 2 aliphatic rings. The van der Waals surface area contributed by atoms with E-state index in [2.05, 4.69) is 20.8 Å². The Morgan fingerprint density at radius 1 is 0.365 bits per heavy atom. The van der Waals surface area contributed by atoms with E-state index in [4.69, 9.17) is 14.2 Å². The van der Waals surface area contributed by atoms with Crippen LogP contribution in [0.1, 0.15) is 483 Å². The van der Waals surface area contributed by atoms with Gasteiger partial charge < -0.3 is 29.5 Å². The molecule has 0 radical (unpaired) electrons. The second-order valence-corrected chi connectivity index (χ2v) is 32.2. The largest absolute Gasteiger partial charge is 0.463 e. The zero-order valence-electron chi connectivity index (χ0n) is 65.2. The molecule has 0 spiro atoms. The van der Waals surface area contributed by atoms with Crippen molar-refractivity contribution < 1.29 is 39.1 Å². The van der Waals surface area contributed by atoms with Gasteiger partial charge >= 0.3 is 5.97 Å². The Bertz CT molecular complexity index is 1610. The molecule has 0 aromatic carbocycles. The van der Waals surface area contributed by atoms with E-state index >= 15 is 0 Å². The molecule has 2 unspecified atom stereocenters. The summed E-state index contributed by atoms with van der Waals surface area (Å²) >= 11 is 0. The van der Waals surface area contributed by atoms with E-state index in [0.717, 1.165) is 63.2 Å². The lowest BCUT2D eigenvalue weighted by atomic mass is 9.91. The molecular weight excluding hydrogens is 1180 g/mol. The number of aliphatic hydroxyl groups excluding tert-OH is 3. The maximum absolute atomic E-state index is 13.4. The fourth-order valence-corrected chi connectivity index (χ4v) is 15.9. The first-order chi connectivity index (χ1) is 47.2. The summed E-state index contributed by atoms with van der Waals surface area (Å²) in [4.78, 5) is 26.1. The fourth-order valence-electron chi connectivity index (χ4n) is 15.9. The van der Waals surface area contributed by atoms with Crippen LogP contribution in [0.5, 0.6) is 0 Å². The summed E-state index contributed by atoms with van der Waals surface area (Å²) in [5.41, 5.74) is 0. The quantitative estimate of drug-likeness (QED) is 0.0407. The molecule has 2 fully saturated rings. The smallest absolute Gasteiger partial charge is 0.311 e. The van der Waals surface area contributed by atoms with Crippen LogP contribution in [0.2, 0.25) is 0 Å². The van der Waals surface area contributed by atoms with Crippen LogP contribution in [-0.2, 0) is 23.8 Å². The number of ketones is 1. The summed E-state index contributed by atoms with van der Waals surface area (Å²) in [6.07, 6.45) is 90.9. The number of Topliss-reactive ketones (excluding diaryl/α,β-unsaturated/α-hetero) is 1. The number of carbonyl (C=O) groups is 2. The molecule has 0 bridgehead atoms. The number of aliphatic hydroxyl groups is 3. The van der Waals surface area contributed by atoms with E-state index < -0.39 is 42.6 Å². The molecule has 1 saturated carbocycles. The van der Waals surface area contributed by atoms with Gasteiger partial charge in [0.1, 0.15) is 30.7 Å². The standard InChI is InChI=1S/C88H170O8/c1-5-7-9-11-13-15-17-19-21-23-24-25-26-31-37-43-49-55-61-67-73-81(87(93)95-77-84-85(91)86(92)88(94-4)96-84)83(90)75-69-63-57-51-45-39-33-36-42-48-54-60-66-72-80-76-79(80)71-65-59-53-47-41-35-30-27-28-32-38-44-50-56-62-68-74-82(89)78(3)70-64-58-52-46-40-34-29-22-20-18-16-14-12-10-8-6-2/h78-81,83-86,88,90-92H,5-77H2,1-4H3/t78?,79?,80-,81-,83-,84-,85-,86+,88+/m1/s1. The van der Waals surface area contributed by atoms with Gasteiger partial charge in [-0.3, -0.25) is 9.59 Å². The Kier molecular flexibility index (Phi) is 66.0. The Balaban J connectivity index is 1.32. The lowest BCUT2D eigenvalue weighted by Gasteiger charge is -2.23. The van der Waals surface area contributed by atoms with E-state index in [1.54, 1.807) is 0 Å². The van der Waals surface area contributed by atoms with Crippen LogP contribution in [0.25, 0.3) is 0 Å². The van der Waals surface area contributed by atoms with Gasteiger partial charge in [0.25, 0.3) is 0 Å². The maximum atomic E-state index is 13.4. The van der Waals surface area contributed by atoms with E-state index in [-0.39, 0.29) is 12.5 Å². The molecule has 2 rings (SSSR count). The van der Waals surface area contributed by atoms with Crippen molar-refractivity contribution in [2.45, 2.75) is 514 Å². The summed E-state index contributed by atoms with van der Waals surface area (Å²) in [6.45, 7) is 6.61. The zero-order valence-corrected chi connectivity index (χ0v) is 65.2. The van der Waals surface area contributed by atoms with Crippen molar-refractivity contribution in [2.75, 3.05) is 13.7 Å². The van der Waals surface area contributed by atoms with Gasteiger partial charge in [0.05, 0.1) is 12.0 Å². The van der Waals surface area contributed by atoms with Gasteiger partial charge in [0, 0.05) is 19.4 Å². The van der Waals surface area contributed by atoms with E-state index in [1.807, 2.05) is 0 Å². The first-order valence-corrected chi connectivity index (χ1v) is 44.1. The minimum Gasteiger partial charge on any atom is -0.463 e. The molecular formula is C88H170O8. The minimum atomic E-state index is -1.20. The average Bonchev–Trinajstić information content (AvgIpc) is 1.82. The van der Waals surface area contributed by atoms with Crippen molar-refractivity contribution in [3.8, 4) is 0 Å². The Labute approximate surface area is 599 Å². The van der Waals surface area contributed by atoms with Crippen molar-refractivity contribution in [2.24, 2.45) is 23.7 Å². The molecule has 0 aromatic heterocycles. The third kappa shape index (κ3) is 55.5. The van der Waals surface area contributed by atoms with Crippen LogP contribution < -0.4 is 0 Å². The molecule has 3 N–H and O–H groups in total. The topological polar surface area (TPSA) is 123 Å². The number of esters is 1. The molecule has 0 aromatic rings. The second-order valence-electron chi connectivity index (χ2n) is 32.2. The van der Waals surface area contributed by atoms with Crippen LogP contribution in [0.15, 0.2) is 0 Å². The van der Waals surface area contributed by atoms with E-state index in [0.29, 0.717) is 18.6 Å². The number of unbranched alkanes of at least 4 members (excludes halogenated alkanes) is 61. The van der Waals surface area contributed by atoms with Crippen LogP contribution in [0.4, 0.5) is 0 Å². The van der Waals surface area contributed by atoms with Gasteiger partial charge in [-0.25, -0.2) is 0 Å². The van der Waals surface area contributed by atoms with Crippen molar-refractivity contribution in [1.82, 2.24) is 0 Å². The lowest BCUT2D eigenvalue weighted by Crippen LogP contribution is -2.37. The predicted molar refractivity (Wildman–Crippen MR) is 413 cm³/mol. The predicted octanol–water partition coefficient (Wildman–Crippen LogP) is 27.2. The zero-order chi connectivity index (χ0) is 69.1. The molecule has 1 aliphatic heterocycles. The highest BCUT2D eigenvalue weighted by atomic mass is 16.7. The molecule has 1 aliphatic carbocycles. The first kappa shape index (κ1) is 91.0. The monoisotopic (exact) mass is 1360 g/mol. The van der Waals surface area contributed by atoms with Crippen molar-refractivity contribution in [3.05, 3.63) is 0 Å². The number of rotatable bonds is 79. The molecule has 9 atom stereocenters. The highest BCUT2D eigenvalue weighted by Crippen LogP contribution is 2.46. The first-order valence-electron chi connectivity index (χ1n) is 44.1. The van der Waals surface area contributed by atoms with Gasteiger partial charge in [-0.1, -0.05) is 445 Å². The second kappa shape index (κ2) is 69.6. The molecule has 0 amide bonds. The summed E-state index contributed by atoms with van der Waals surface area (Å²) in [7, 11) is 1.41. The van der Waals surface area contributed by atoms with Gasteiger partial charge in [-0.05, 0) is 43.9 Å². The molecule has 570 valence electrons. The van der Waals surface area contributed by atoms with E-state index in [9.17, 15) is 24.9 Å². The molecule has 1 heterocycles. The summed E-state index contributed by atoms with van der Waals surface area (Å²) in [5, 5.41) is 32.0. The molecule has 8 nitrogen and oxygen atoms in total. The van der Waals surface area contributed by atoms with Crippen LogP contribution in [0.3, 0.4) is 0 Å². The SMILES string of the molecule is CCCCCCCCCCCCCCCCCCCCCC[C@@H](C(=O)OC[C@H]1O[C@H](OC)[C@@H](O)[C@@H]1O)[C@H](O)CCCCCCCCCCCCCCC[C@@H]1CC1CCCCCCCCCCCCCCCCCCC(=O)C(C)CCCCCCCCCCCCCCCCCC. The summed E-state index contributed by atoms with van der Waals surface area (Å²) in [6, 6.07) is 0. The summed E-state index contributed by atoms with van der Waals surface area (Å²) in [5.74, 6) is 1.90. The van der Waals surface area contributed by atoms with Gasteiger partial charge in [0.15, 0.2) is 6.29 Å². The van der Waals surface area contributed by atoms with Crippen molar-refractivity contribution in [3.63, 3.8) is 0 Å². The maximum Gasteiger partial charge on any atom is 0.311 e. The number of methoxy groups -OCH3 is 1. The normalized spacial score (nSPS) is 18.8. The Morgan fingerprint density at radius 3 is 0.938 bits per heavy atom. The van der Waals surface area contributed by atoms with Crippen molar-refractivity contribution >= 4 is 11.8 Å². The summed E-state index contributed by atoms with van der Waals surface area (Å²) < 4.78 is 16.4. The highest BCUT2D eigenvalue weighted by molar-refractivity contribution is 5.80. The van der Waals surface area contributed by atoms with Crippen LogP contribution in [0, 0.1) is 23.7 Å².